The maximum Gasteiger partial charge on any atom is 0.338 e. The molecule has 0 radical (unpaired) electrons. The highest BCUT2D eigenvalue weighted by atomic mass is 16.5. The van der Waals surface area contributed by atoms with Crippen molar-refractivity contribution in [1.29, 1.82) is 0 Å². The standard InChI is InChI=1S/C26H31NO3/c1-5-30-26(28)22-10-6-8-19(15-22)14-20-12-13-23(18-27(2)3)25(16-20)21-9-7-11-24(17-21)29-4/h6-11,14-17,23H,5,12-13,18H2,1-4H3/b20-14-/t23-/m1/s1. The smallest absolute Gasteiger partial charge is 0.338 e. The lowest BCUT2D eigenvalue weighted by atomic mass is 9.81. The summed E-state index contributed by atoms with van der Waals surface area (Å²) >= 11 is 0. The number of benzene rings is 2. The Morgan fingerprint density at radius 1 is 1.17 bits per heavy atom. The molecule has 0 aromatic heterocycles. The first-order valence-electron chi connectivity index (χ1n) is 10.5. The van der Waals surface area contributed by atoms with Crippen molar-refractivity contribution in [3.05, 3.63) is 76.9 Å². The molecule has 3 rings (SSSR count). The number of methoxy groups -OCH3 is 1. The molecule has 2 aromatic rings. The molecule has 0 unspecified atom stereocenters. The molecule has 1 aliphatic rings. The molecule has 0 saturated heterocycles. The summed E-state index contributed by atoms with van der Waals surface area (Å²) < 4.78 is 10.6. The van der Waals surface area contributed by atoms with Crippen molar-refractivity contribution in [1.82, 2.24) is 4.90 Å². The van der Waals surface area contributed by atoms with Gasteiger partial charge >= 0.3 is 5.97 Å². The molecule has 2 aromatic carbocycles. The molecule has 158 valence electrons. The van der Waals surface area contributed by atoms with E-state index >= 15 is 0 Å². The fourth-order valence-corrected chi connectivity index (χ4v) is 3.94. The van der Waals surface area contributed by atoms with E-state index in [1.807, 2.05) is 37.3 Å². The maximum atomic E-state index is 12.1. The number of carbonyl (C=O) groups is 1. The Labute approximate surface area is 179 Å². The van der Waals surface area contributed by atoms with E-state index in [-0.39, 0.29) is 5.97 Å². The van der Waals surface area contributed by atoms with Crippen molar-refractivity contribution in [2.24, 2.45) is 5.92 Å². The number of allylic oxidation sites excluding steroid dienone is 2. The second kappa shape index (κ2) is 10.3. The average Bonchev–Trinajstić information content (AvgIpc) is 2.75. The number of nitrogens with zero attached hydrogens (tertiary/aromatic N) is 1. The molecule has 0 heterocycles. The number of hydrogen-bond acceptors (Lipinski definition) is 4. The number of hydrogen-bond donors (Lipinski definition) is 0. The van der Waals surface area contributed by atoms with Gasteiger partial charge in [-0.25, -0.2) is 4.79 Å². The zero-order valence-electron chi connectivity index (χ0n) is 18.4. The third-order valence-corrected chi connectivity index (χ3v) is 5.30. The molecule has 4 nitrogen and oxygen atoms in total. The minimum Gasteiger partial charge on any atom is -0.497 e. The van der Waals surface area contributed by atoms with E-state index in [9.17, 15) is 4.79 Å². The summed E-state index contributed by atoms with van der Waals surface area (Å²) in [7, 11) is 5.94. The van der Waals surface area contributed by atoms with Crippen molar-refractivity contribution in [3.8, 4) is 5.75 Å². The van der Waals surface area contributed by atoms with Gasteiger partial charge in [0.1, 0.15) is 5.75 Å². The van der Waals surface area contributed by atoms with E-state index in [4.69, 9.17) is 9.47 Å². The predicted molar refractivity (Wildman–Crippen MR) is 123 cm³/mol. The third kappa shape index (κ3) is 5.61. The van der Waals surface area contributed by atoms with E-state index in [1.54, 1.807) is 13.2 Å². The Morgan fingerprint density at radius 3 is 2.70 bits per heavy atom. The average molecular weight is 406 g/mol. The van der Waals surface area contributed by atoms with Crippen molar-refractivity contribution in [2.45, 2.75) is 19.8 Å². The minimum absolute atomic E-state index is 0.278. The summed E-state index contributed by atoms with van der Waals surface area (Å²) in [5.74, 6) is 1.06. The highest BCUT2D eigenvalue weighted by Crippen LogP contribution is 2.37. The molecule has 0 spiro atoms. The first-order valence-corrected chi connectivity index (χ1v) is 10.5. The number of esters is 1. The summed E-state index contributed by atoms with van der Waals surface area (Å²) in [4.78, 5) is 14.3. The first kappa shape index (κ1) is 21.8. The Morgan fingerprint density at radius 2 is 1.97 bits per heavy atom. The van der Waals surface area contributed by atoms with Gasteiger partial charge in [0.2, 0.25) is 0 Å². The molecule has 4 heteroatoms. The second-order valence-corrected chi connectivity index (χ2v) is 7.89. The molecule has 0 N–H and O–H groups in total. The van der Waals surface area contributed by atoms with Crippen LogP contribution in [0.25, 0.3) is 11.6 Å². The number of rotatable bonds is 7. The lowest BCUT2D eigenvalue weighted by Gasteiger charge is -2.28. The SMILES string of the molecule is CCOC(=O)c1cccc(/C=C2\C=C(c3cccc(OC)c3)[C@@H](CN(C)C)CC2)c1. The van der Waals surface area contributed by atoms with Crippen molar-refractivity contribution in [2.75, 3.05) is 34.4 Å². The molecule has 1 aliphatic carbocycles. The van der Waals surface area contributed by atoms with Crippen molar-refractivity contribution in [3.63, 3.8) is 0 Å². The van der Waals surface area contributed by atoms with Crippen LogP contribution >= 0.6 is 0 Å². The molecule has 0 saturated carbocycles. The van der Waals surface area contributed by atoms with Crippen LogP contribution in [-0.4, -0.2) is 45.2 Å². The van der Waals surface area contributed by atoms with Crippen LogP contribution in [0.15, 0.2) is 60.2 Å². The van der Waals surface area contributed by atoms with Crippen LogP contribution < -0.4 is 4.74 Å². The summed E-state index contributed by atoms with van der Waals surface area (Å²) in [6.45, 7) is 3.21. The predicted octanol–water partition coefficient (Wildman–Crippen LogP) is 5.31. The van der Waals surface area contributed by atoms with Gasteiger partial charge in [0, 0.05) is 6.54 Å². The Kier molecular flexibility index (Phi) is 7.47. The van der Waals surface area contributed by atoms with Gasteiger partial charge in [-0.1, -0.05) is 36.4 Å². The van der Waals surface area contributed by atoms with E-state index in [0.717, 1.165) is 30.7 Å². The van der Waals surface area contributed by atoms with Gasteiger partial charge in [0.15, 0.2) is 0 Å². The van der Waals surface area contributed by atoms with E-state index in [2.05, 4.69) is 43.3 Å². The monoisotopic (exact) mass is 405 g/mol. The summed E-state index contributed by atoms with van der Waals surface area (Å²) in [5.41, 5.74) is 5.41. The van der Waals surface area contributed by atoms with Crippen LogP contribution in [0, 0.1) is 5.92 Å². The quantitative estimate of drug-likeness (QED) is 0.585. The topological polar surface area (TPSA) is 38.8 Å². The normalized spacial score (nSPS) is 17.7. The van der Waals surface area contributed by atoms with Gasteiger partial charge in [-0.3, -0.25) is 0 Å². The Hall–Kier alpha value is -2.85. The van der Waals surface area contributed by atoms with Crippen LogP contribution in [0.1, 0.15) is 41.3 Å². The van der Waals surface area contributed by atoms with Crippen LogP contribution in [-0.2, 0) is 4.74 Å². The lowest BCUT2D eigenvalue weighted by Crippen LogP contribution is -2.24. The zero-order chi connectivity index (χ0) is 21.5. The highest BCUT2D eigenvalue weighted by Gasteiger charge is 2.22. The Balaban J connectivity index is 1.95. The lowest BCUT2D eigenvalue weighted by molar-refractivity contribution is 0.0526. The molecular weight excluding hydrogens is 374 g/mol. The van der Waals surface area contributed by atoms with Gasteiger partial charge in [-0.2, -0.15) is 0 Å². The van der Waals surface area contributed by atoms with Crippen molar-refractivity contribution >= 4 is 17.6 Å². The zero-order valence-corrected chi connectivity index (χ0v) is 18.4. The van der Waals surface area contributed by atoms with E-state index < -0.39 is 0 Å². The number of carbonyl (C=O) groups excluding carboxylic acids is 1. The van der Waals surface area contributed by atoms with Gasteiger partial charge < -0.3 is 14.4 Å². The third-order valence-electron chi connectivity index (χ3n) is 5.30. The van der Waals surface area contributed by atoms with E-state index in [1.165, 1.54) is 16.7 Å². The van der Waals surface area contributed by atoms with Crippen molar-refractivity contribution < 1.29 is 14.3 Å². The van der Waals surface area contributed by atoms with Crippen LogP contribution in [0.4, 0.5) is 0 Å². The fraction of sp³-hybridized carbons (Fsp3) is 0.346. The summed E-state index contributed by atoms with van der Waals surface area (Å²) in [5, 5.41) is 0. The van der Waals surface area contributed by atoms with Gasteiger partial charge in [0.25, 0.3) is 0 Å². The molecule has 0 amide bonds. The van der Waals surface area contributed by atoms with Gasteiger partial charge in [-0.05, 0) is 86.3 Å². The first-order chi connectivity index (χ1) is 14.5. The van der Waals surface area contributed by atoms with Gasteiger partial charge in [0.05, 0.1) is 19.3 Å². The maximum absolute atomic E-state index is 12.1. The van der Waals surface area contributed by atoms with Gasteiger partial charge in [-0.15, -0.1) is 0 Å². The Bertz CT molecular complexity index is 943. The molecular formula is C26H31NO3. The second-order valence-electron chi connectivity index (χ2n) is 7.89. The van der Waals surface area contributed by atoms with Crippen LogP contribution in [0.2, 0.25) is 0 Å². The fourth-order valence-electron chi connectivity index (χ4n) is 3.94. The molecule has 30 heavy (non-hydrogen) atoms. The number of ether oxygens (including phenoxy) is 2. The summed E-state index contributed by atoms with van der Waals surface area (Å²) in [6, 6.07) is 15.9. The van der Waals surface area contributed by atoms with Crippen LogP contribution in [0.5, 0.6) is 5.75 Å². The molecule has 0 fully saturated rings. The highest BCUT2D eigenvalue weighted by molar-refractivity contribution is 5.90. The van der Waals surface area contributed by atoms with E-state index in [0.29, 0.717) is 18.1 Å². The molecule has 0 bridgehead atoms. The largest absolute Gasteiger partial charge is 0.497 e. The summed E-state index contributed by atoms with van der Waals surface area (Å²) in [6.07, 6.45) is 6.58. The minimum atomic E-state index is -0.278. The molecule has 1 atom stereocenters. The van der Waals surface area contributed by atoms with Crippen LogP contribution in [0.3, 0.4) is 0 Å². The molecule has 0 aliphatic heterocycles.